The number of nitrogens with two attached hydrogens (primary N) is 1. The van der Waals surface area contributed by atoms with Gasteiger partial charge >= 0.3 is 0 Å². The molecule has 8 nitrogen and oxygen atoms in total. The van der Waals surface area contributed by atoms with Gasteiger partial charge in [0.15, 0.2) is 0 Å². The number of carbonyl (C=O) groups is 2. The first kappa shape index (κ1) is 15.9. The van der Waals surface area contributed by atoms with Crippen molar-refractivity contribution < 1.29 is 14.3 Å². The molecule has 126 valence electrons. The number of hydrogen-bond acceptors (Lipinski definition) is 5. The third-order valence-electron chi connectivity index (χ3n) is 4.52. The van der Waals surface area contributed by atoms with Crippen molar-refractivity contribution in [3.05, 3.63) is 17.5 Å². The highest BCUT2D eigenvalue weighted by Gasteiger charge is 2.26. The molecule has 0 spiro atoms. The van der Waals surface area contributed by atoms with Gasteiger partial charge in [-0.05, 0) is 25.5 Å². The standard InChI is InChI=1S/C15H23N5O3/c16-15(22)13-8-12(17-18-13)11-2-1-3-19(9-11)10-14(21)20-4-6-23-7-5-20/h8,11H,1-7,9-10H2,(H2,16,22)(H,17,18). The van der Waals surface area contributed by atoms with E-state index in [0.717, 1.165) is 31.6 Å². The Labute approximate surface area is 134 Å². The number of ether oxygens (including phenoxy) is 1. The van der Waals surface area contributed by atoms with Gasteiger partial charge in [-0.15, -0.1) is 0 Å². The Bertz CT molecular complexity index is 567. The summed E-state index contributed by atoms with van der Waals surface area (Å²) in [4.78, 5) is 27.5. The third-order valence-corrected chi connectivity index (χ3v) is 4.52. The molecule has 0 aromatic carbocycles. The molecule has 3 rings (SSSR count). The number of aromatic amines is 1. The fourth-order valence-electron chi connectivity index (χ4n) is 3.23. The summed E-state index contributed by atoms with van der Waals surface area (Å²) in [6, 6.07) is 1.72. The molecule has 1 unspecified atom stereocenters. The second-order valence-electron chi connectivity index (χ2n) is 6.14. The molecule has 2 aliphatic rings. The maximum atomic E-state index is 12.4. The number of rotatable bonds is 4. The first-order valence-corrected chi connectivity index (χ1v) is 8.06. The maximum absolute atomic E-state index is 12.4. The molecule has 0 saturated carbocycles. The highest BCUT2D eigenvalue weighted by molar-refractivity contribution is 5.90. The van der Waals surface area contributed by atoms with Crippen LogP contribution in [0.4, 0.5) is 0 Å². The van der Waals surface area contributed by atoms with E-state index in [-0.39, 0.29) is 17.5 Å². The van der Waals surface area contributed by atoms with E-state index >= 15 is 0 Å². The maximum Gasteiger partial charge on any atom is 0.269 e. The van der Waals surface area contributed by atoms with Gasteiger partial charge in [0.25, 0.3) is 5.91 Å². The number of nitrogens with zero attached hydrogens (tertiary/aromatic N) is 3. The molecule has 8 heteroatoms. The van der Waals surface area contributed by atoms with Crippen LogP contribution in [0.15, 0.2) is 6.07 Å². The van der Waals surface area contributed by atoms with Crippen LogP contribution >= 0.6 is 0 Å². The number of aromatic nitrogens is 2. The van der Waals surface area contributed by atoms with E-state index in [1.807, 2.05) is 4.90 Å². The van der Waals surface area contributed by atoms with Crippen LogP contribution in [0.1, 0.15) is 34.9 Å². The van der Waals surface area contributed by atoms with Crippen molar-refractivity contribution in [3.63, 3.8) is 0 Å². The molecule has 1 atom stereocenters. The molecule has 0 radical (unpaired) electrons. The Kier molecular flexibility index (Phi) is 4.92. The summed E-state index contributed by atoms with van der Waals surface area (Å²) < 4.78 is 5.28. The zero-order chi connectivity index (χ0) is 16.2. The van der Waals surface area contributed by atoms with Crippen LogP contribution in [0.2, 0.25) is 0 Å². The van der Waals surface area contributed by atoms with Gasteiger partial charge in [-0.1, -0.05) is 0 Å². The number of carbonyl (C=O) groups excluding carboxylic acids is 2. The highest BCUT2D eigenvalue weighted by atomic mass is 16.5. The smallest absolute Gasteiger partial charge is 0.269 e. The van der Waals surface area contributed by atoms with Gasteiger partial charge in [0.2, 0.25) is 5.91 Å². The number of primary amides is 1. The summed E-state index contributed by atoms with van der Waals surface area (Å²) in [6.07, 6.45) is 2.04. The molecular weight excluding hydrogens is 298 g/mol. The van der Waals surface area contributed by atoms with Crippen molar-refractivity contribution in [1.82, 2.24) is 20.0 Å². The summed E-state index contributed by atoms with van der Waals surface area (Å²) >= 11 is 0. The van der Waals surface area contributed by atoms with Crippen molar-refractivity contribution in [1.29, 1.82) is 0 Å². The number of amides is 2. The second-order valence-corrected chi connectivity index (χ2v) is 6.14. The Balaban J connectivity index is 1.57. The van der Waals surface area contributed by atoms with Crippen molar-refractivity contribution in [2.24, 2.45) is 5.73 Å². The lowest BCUT2D eigenvalue weighted by Crippen LogP contribution is -2.47. The van der Waals surface area contributed by atoms with E-state index in [2.05, 4.69) is 15.1 Å². The van der Waals surface area contributed by atoms with Gasteiger partial charge in [0, 0.05) is 31.2 Å². The average Bonchev–Trinajstić information content (AvgIpc) is 3.06. The fraction of sp³-hybridized carbons (Fsp3) is 0.667. The molecule has 2 amide bonds. The molecule has 1 aromatic rings. The van der Waals surface area contributed by atoms with Gasteiger partial charge < -0.3 is 15.4 Å². The first-order chi connectivity index (χ1) is 11.1. The van der Waals surface area contributed by atoms with E-state index in [1.165, 1.54) is 0 Å². The molecule has 3 heterocycles. The minimum Gasteiger partial charge on any atom is -0.378 e. The summed E-state index contributed by atoms with van der Waals surface area (Å²) in [5.41, 5.74) is 6.42. The minimum atomic E-state index is -0.525. The van der Waals surface area contributed by atoms with E-state index in [4.69, 9.17) is 10.5 Å². The largest absolute Gasteiger partial charge is 0.378 e. The van der Waals surface area contributed by atoms with Crippen LogP contribution < -0.4 is 5.73 Å². The lowest BCUT2D eigenvalue weighted by Gasteiger charge is -2.34. The number of hydrogen-bond donors (Lipinski definition) is 2. The fourth-order valence-corrected chi connectivity index (χ4v) is 3.23. The van der Waals surface area contributed by atoms with Crippen LogP contribution in [0.3, 0.4) is 0 Å². The first-order valence-electron chi connectivity index (χ1n) is 8.06. The lowest BCUT2D eigenvalue weighted by molar-refractivity contribution is -0.136. The summed E-state index contributed by atoms with van der Waals surface area (Å²) in [7, 11) is 0. The second kappa shape index (κ2) is 7.10. The van der Waals surface area contributed by atoms with E-state index in [9.17, 15) is 9.59 Å². The highest BCUT2D eigenvalue weighted by Crippen LogP contribution is 2.25. The van der Waals surface area contributed by atoms with Crippen LogP contribution in [0, 0.1) is 0 Å². The van der Waals surface area contributed by atoms with Gasteiger partial charge in [-0.3, -0.25) is 19.6 Å². The Morgan fingerprint density at radius 3 is 2.83 bits per heavy atom. The summed E-state index contributed by atoms with van der Waals surface area (Å²) in [5, 5.41) is 6.85. The number of nitrogens with one attached hydrogen (secondary N) is 1. The zero-order valence-corrected chi connectivity index (χ0v) is 13.2. The van der Waals surface area contributed by atoms with Gasteiger partial charge in [0.05, 0.1) is 19.8 Å². The average molecular weight is 321 g/mol. The molecule has 2 aliphatic heterocycles. The van der Waals surface area contributed by atoms with E-state index in [0.29, 0.717) is 32.8 Å². The van der Waals surface area contributed by atoms with Crippen molar-refractivity contribution >= 4 is 11.8 Å². The molecule has 23 heavy (non-hydrogen) atoms. The molecule has 0 bridgehead atoms. The summed E-state index contributed by atoms with van der Waals surface area (Å²) in [5.74, 6) is -0.110. The predicted octanol–water partition coefficient (Wildman–Crippen LogP) is -0.453. The number of morpholine rings is 1. The molecule has 2 fully saturated rings. The van der Waals surface area contributed by atoms with Crippen molar-refractivity contribution in [3.8, 4) is 0 Å². The van der Waals surface area contributed by atoms with Crippen molar-refractivity contribution in [2.75, 3.05) is 45.9 Å². The quantitative estimate of drug-likeness (QED) is 0.781. The zero-order valence-electron chi connectivity index (χ0n) is 13.2. The Hall–Kier alpha value is -1.93. The monoisotopic (exact) mass is 321 g/mol. The van der Waals surface area contributed by atoms with E-state index < -0.39 is 5.91 Å². The molecular formula is C15H23N5O3. The SMILES string of the molecule is NC(=O)c1cc(C2CCCN(CC(=O)N3CCOCC3)C2)[nH]n1. The normalized spacial score (nSPS) is 23.0. The number of piperidine rings is 1. The minimum absolute atomic E-state index is 0.163. The lowest BCUT2D eigenvalue weighted by atomic mass is 9.94. The molecule has 2 saturated heterocycles. The van der Waals surface area contributed by atoms with Gasteiger partial charge in [-0.2, -0.15) is 5.10 Å². The topological polar surface area (TPSA) is 105 Å². The third kappa shape index (κ3) is 3.89. The number of H-pyrrole nitrogens is 1. The summed E-state index contributed by atoms with van der Waals surface area (Å²) in [6.45, 7) is 4.75. The molecule has 3 N–H and O–H groups in total. The van der Waals surface area contributed by atoms with Gasteiger partial charge in [-0.25, -0.2) is 0 Å². The molecule has 1 aromatic heterocycles. The van der Waals surface area contributed by atoms with Crippen LogP contribution in [-0.4, -0.2) is 77.7 Å². The van der Waals surface area contributed by atoms with Gasteiger partial charge in [0.1, 0.15) is 5.69 Å². The van der Waals surface area contributed by atoms with Crippen LogP contribution in [0.5, 0.6) is 0 Å². The molecule has 0 aliphatic carbocycles. The van der Waals surface area contributed by atoms with Crippen LogP contribution in [0.25, 0.3) is 0 Å². The predicted molar refractivity (Wildman–Crippen MR) is 82.9 cm³/mol. The Morgan fingerprint density at radius 1 is 1.35 bits per heavy atom. The Morgan fingerprint density at radius 2 is 2.13 bits per heavy atom. The van der Waals surface area contributed by atoms with Crippen LogP contribution in [-0.2, 0) is 9.53 Å². The number of likely N-dealkylation sites (tertiary alicyclic amines) is 1. The van der Waals surface area contributed by atoms with E-state index in [1.54, 1.807) is 6.07 Å². The van der Waals surface area contributed by atoms with Crippen molar-refractivity contribution in [2.45, 2.75) is 18.8 Å².